The molecule has 0 aliphatic carbocycles. The largest absolute Gasteiger partial charge is 0.490 e. The van der Waals surface area contributed by atoms with Crippen molar-refractivity contribution < 1.29 is 23.9 Å². The van der Waals surface area contributed by atoms with Crippen molar-refractivity contribution in [3.05, 3.63) is 116 Å². The molecule has 0 saturated heterocycles. The van der Waals surface area contributed by atoms with Crippen LogP contribution in [0.5, 0.6) is 11.5 Å². The van der Waals surface area contributed by atoms with E-state index >= 15 is 0 Å². The zero-order chi connectivity index (χ0) is 30.2. The van der Waals surface area contributed by atoms with E-state index in [4.69, 9.17) is 19.2 Å². The zero-order valence-corrected chi connectivity index (χ0v) is 25.0. The van der Waals surface area contributed by atoms with Crippen LogP contribution in [0.1, 0.15) is 51.3 Å². The fourth-order valence-electron chi connectivity index (χ4n) is 4.92. The van der Waals surface area contributed by atoms with Crippen molar-refractivity contribution in [2.75, 3.05) is 19.8 Å². The van der Waals surface area contributed by atoms with Gasteiger partial charge in [0, 0.05) is 42.9 Å². The second kappa shape index (κ2) is 14.1. The summed E-state index contributed by atoms with van der Waals surface area (Å²) in [6, 6.07) is 22.2. The van der Waals surface area contributed by atoms with Crippen molar-refractivity contribution in [2.24, 2.45) is 4.99 Å². The molecule has 0 unspecified atom stereocenters. The maximum absolute atomic E-state index is 13.0. The van der Waals surface area contributed by atoms with Crippen LogP contribution in [-0.4, -0.2) is 41.8 Å². The van der Waals surface area contributed by atoms with E-state index in [1.165, 1.54) is 29.0 Å². The number of aliphatic imine (C=N–C) groups is 1. The van der Waals surface area contributed by atoms with Gasteiger partial charge in [0.25, 0.3) is 5.69 Å². The van der Waals surface area contributed by atoms with Gasteiger partial charge in [-0.3, -0.25) is 15.0 Å². The highest BCUT2D eigenvalue weighted by molar-refractivity contribution is 7.16. The van der Waals surface area contributed by atoms with Crippen molar-refractivity contribution in [2.45, 2.75) is 40.0 Å². The third-order valence-corrected chi connectivity index (χ3v) is 8.11. The van der Waals surface area contributed by atoms with Crippen molar-refractivity contribution in [3.8, 4) is 11.5 Å². The summed E-state index contributed by atoms with van der Waals surface area (Å²) >= 11 is 1.54. The van der Waals surface area contributed by atoms with Crippen LogP contribution in [0.4, 0.5) is 10.7 Å². The van der Waals surface area contributed by atoms with Gasteiger partial charge in [-0.05, 0) is 72.9 Å². The van der Waals surface area contributed by atoms with Gasteiger partial charge in [0.05, 0.1) is 23.7 Å². The fourth-order valence-corrected chi connectivity index (χ4v) is 6.15. The maximum Gasteiger partial charge on any atom is 0.341 e. The molecule has 0 atom stereocenters. The first-order valence-electron chi connectivity index (χ1n) is 14.2. The van der Waals surface area contributed by atoms with Gasteiger partial charge in [-0.15, -0.1) is 11.3 Å². The molecule has 10 heteroatoms. The summed E-state index contributed by atoms with van der Waals surface area (Å²) in [5.74, 6) is 0.768. The summed E-state index contributed by atoms with van der Waals surface area (Å²) in [4.78, 5) is 31.8. The van der Waals surface area contributed by atoms with Gasteiger partial charge in [-0.1, -0.05) is 30.3 Å². The topological polar surface area (TPSA) is 104 Å². The van der Waals surface area contributed by atoms with E-state index in [0.717, 1.165) is 47.6 Å². The third-order valence-electron chi connectivity index (χ3n) is 6.99. The first kappa shape index (κ1) is 29.9. The Morgan fingerprint density at radius 2 is 1.79 bits per heavy atom. The van der Waals surface area contributed by atoms with Gasteiger partial charge in [0.2, 0.25) is 0 Å². The highest BCUT2D eigenvalue weighted by Gasteiger charge is 2.28. The number of nitro benzene ring substituents is 1. The molecule has 0 radical (unpaired) electrons. The molecular formula is C33H33N3O6S. The van der Waals surface area contributed by atoms with Crippen LogP contribution < -0.4 is 9.47 Å². The van der Waals surface area contributed by atoms with E-state index in [9.17, 15) is 14.9 Å². The Labute approximate surface area is 254 Å². The van der Waals surface area contributed by atoms with Crippen molar-refractivity contribution in [1.29, 1.82) is 0 Å². The Morgan fingerprint density at radius 1 is 1.00 bits per heavy atom. The van der Waals surface area contributed by atoms with Gasteiger partial charge in [0.1, 0.15) is 11.6 Å². The van der Waals surface area contributed by atoms with Crippen LogP contribution in [0.2, 0.25) is 0 Å². The molecule has 1 aliphatic heterocycles. The van der Waals surface area contributed by atoms with Crippen molar-refractivity contribution in [1.82, 2.24) is 4.90 Å². The van der Waals surface area contributed by atoms with E-state index in [-0.39, 0.29) is 18.3 Å². The molecular weight excluding hydrogens is 566 g/mol. The lowest BCUT2D eigenvalue weighted by Gasteiger charge is -2.27. The molecule has 0 spiro atoms. The van der Waals surface area contributed by atoms with Crippen LogP contribution in [0, 0.1) is 10.1 Å². The SMILES string of the molecule is CCOC(=O)c1c(N=Cc2ccc(OCc3ccc([N+](=O)[O-])cc3)c(OCC)c2)sc2c1CCN(Cc1ccccc1)C2. The predicted molar refractivity (Wildman–Crippen MR) is 167 cm³/mol. The first-order valence-corrected chi connectivity index (χ1v) is 15.0. The van der Waals surface area contributed by atoms with E-state index in [0.29, 0.717) is 35.3 Å². The van der Waals surface area contributed by atoms with Crippen LogP contribution >= 0.6 is 11.3 Å². The Bertz CT molecular complexity index is 1600. The molecule has 9 nitrogen and oxygen atoms in total. The molecule has 0 amide bonds. The lowest BCUT2D eigenvalue weighted by atomic mass is 10.0. The van der Waals surface area contributed by atoms with Crippen molar-refractivity contribution in [3.63, 3.8) is 0 Å². The summed E-state index contributed by atoms with van der Waals surface area (Å²) < 4.78 is 17.2. The molecule has 5 rings (SSSR count). The highest BCUT2D eigenvalue weighted by Crippen LogP contribution is 2.40. The van der Waals surface area contributed by atoms with E-state index in [2.05, 4.69) is 29.2 Å². The van der Waals surface area contributed by atoms with Gasteiger partial charge in [0.15, 0.2) is 11.5 Å². The summed E-state index contributed by atoms with van der Waals surface area (Å²) in [6.45, 7) is 7.13. The monoisotopic (exact) mass is 599 g/mol. The molecule has 4 aromatic rings. The molecule has 0 bridgehead atoms. The number of non-ortho nitro benzene ring substituents is 1. The molecule has 43 heavy (non-hydrogen) atoms. The number of nitro groups is 1. The Kier molecular flexibility index (Phi) is 9.81. The Balaban J connectivity index is 1.34. The molecule has 2 heterocycles. The number of ether oxygens (including phenoxy) is 3. The highest BCUT2D eigenvalue weighted by atomic mass is 32.1. The molecule has 222 valence electrons. The Hall–Kier alpha value is -4.54. The van der Waals surface area contributed by atoms with Gasteiger partial charge < -0.3 is 14.2 Å². The fraction of sp³-hybridized carbons (Fsp3) is 0.273. The number of nitrogens with zero attached hydrogens (tertiary/aromatic N) is 3. The predicted octanol–water partition coefficient (Wildman–Crippen LogP) is 7.12. The molecule has 3 aromatic carbocycles. The number of fused-ring (bicyclic) bond motifs is 1. The van der Waals surface area contributed by atoms with Gasteiger partial charge >= 0.3 is 5.97 Å². The maximum atomic E-state index is 13.0. The minimum Gasteiger partial charge on any atom is -0.490 e. The van der Waals surface area contributed by atoms with Crippen LogP contribution in [0.3, 0.4) is 0 Å². The smallest absolute Gasteiger partial charge is 0.341 e. The van der Waals surface area contributed by atoms with Crippen molar-refractivity contribution >= 4 is 34.2 Å². The van der Waals surface area contributed by atoms with Gasteiger partial charge in [-0.2, -0.15) is 0 Å². The standard InChI is InChI=1S/C33H33N3O6S/c1-3-40-29-18-25(12-15-28(29)42-22-24-10-13-26(14-11-24)36(38)39)19-34-32-31(33(37)41-4-2)27-16-17-35(21-30(27)43-32)20-23-8-6-5-7-9-23/h5-15,18-19H,3-4,16-17,20-22H2,1-2H3. The summed E-state index contributed by atoms with van der Waals surface area (Å²) in [7, 11) is 0. The first-order chi connectivity index (χ1) is 20.9. The average molecular weight is 600 g/mol. The lowest BCUT2D eigenvalue weighted by molar-refractivity contribution is -0.384. The minimum absolute atomic E-state index is 0.0320. The van der Waals surface area contributed by atoms with E-state index < -0.39 is 4.92 Å². The molecule has 0 fully saturated rings. The van der Waals surface area contributed by atoms with Crippen LogP contribution in [0.25, 0.3) is 0 Å². The second-order valence-corrected chi connectivity index (χ2v) is 11.0. The van der Waals surface area contributed by atoms with E-state index in [1.54, 1.807) is 18.3 Å². The Morgan fingerprint density at radius 3 is 2.51 bits per heavy atom. The molecule has 0 saturated carbocycles. The normalized spacial score (nSPS) is 13.1. The zero-order valence-electron chi connectivity index (χ0n) is 24.2. The van der Waals surface area contributed by atoms with Gasteiger partial charge in [-0.25, -0.2) is 9.79 Å². The number of benzene rings is 3. The van der Waals surface area contributed by atoms with Crippen LogP contribution in [0.15, 0.2) is 77.8 Å². The summed E-state index contributed by atoms with van der Waals surface area (Å²) in [5.41, 5.74) is 4.48. The number of hydrogen-bond acceptors (Lipinski definition) is 9. The van der Waals surface area contributed by atoms with Crippen LogP contribution in [-0.2, 0) is 30.9 Å². The third kappa shape index (κ3) is 7.46. The molecule has 1 aliphatic rings. The number of esters is 1. The number of carbonyl (C=O) groups excluding carboxylic acids is 1. The average Bonchev–Trinajstić information content (AvgIpc) is 3.38. The summed E-state index contributed by atoms with van der Waals surface area (Å²) in [6.07, 6.45) is 2.49. The molecule has 1 aromatic heterocycles. The molecule has 0 N–H and O–H groups in total. The minimum atomic E-state index is -0.431. The second-order valence-electron chi connectivity index (χ2n) is 9.96. The van der Waals surface area contributed by atoms with E-state index in [1.807, 2.05) is 38.1 Å². The number of thiophene rings is 1. The number of carbonyl (C=O) groups is 1. The number of rotatable bonds is 12. The lowest BCUT2D eigenvalue weighted by Crippen LogP contribution is -2.29. The number of hydrogen-bond donors (Lipinski definition) is 0. The quantitative estimate of drug-likeness (QED) is 0.0739. The summed E-state index contributed by atoms with van der Waals surface area (Å²) in [5, 5.41) is 11.6.